The van der Waals surface area contributed by atoms with Crippen molar-refractivity contribution >= 4 is 10.0 Å². The number of aryl methyl sites for hydroxylation is 1. The fraction of sp³-hybridized carbons (Fsp3) is 0.455. The summed E-state index contributed by atoms with van der Waals surface area (Å²) in [6.45, 7) is 6.09. The first kappa shape index (κ1) is 13.2. The summed E-state index contributed by atoms with van der Waals surface area (Å²) in [5, 5.41) is 0. The van der Waals surface area contributed by atoms with Crippen LogP contribution in [0.25, 0.3) is 0 Å². The number of rotatable bonds is 3. The Kier molecular flexibility index (Phi) is 4.92. The highest BCUT2D eigenvalue weighted by atomic mass is 32.2. The SMILES string of the molecule is C1CO1.CCNS(=O)(=O)c1ccc(C)cc1. The van der Waals surface area contributed by atoms with Crippen LogP contribution in [0.1, 0.15) is 12.5 Å². The highest BCUT2D eigenvalue weighted by Crippen LogP contribution is 2.09. The van der Waals surface area contributed by atoms with E-state index in [2.05, 4.69) is 9.46 Å². The number of epoxide rings is 1. The molecule has 1 heterocycles. The lowest BCUT2D eigenvalue weighted by molar-refractivity contribution is 0.475. The standard InChI is InChI=1S/C9H13NO2S.C2H4O/c1-3-10-13(11,12)9-6-4-8(2)5-7-9;1-2-3-1/h4-7,10H,3H2,1-2H3;1-2H2. The third-order valence-corrected chi connectivity index (χ3v) is 3.43. The van der Waals surface area contributed by atoms with Gasteiger partial charge in [0, 0.05) is 6.54 Å². The first-order chi connectivity index (χ1) is 7.56. The van der Waals surface area contributed by atoms with Gasteiger partial charge in [0.15, 0.2) is 0 Å². The summed E-state index contributed by atoms with van der Waals surface area (Å²) in [7, 11) is -3.28. The zero-order valence-electron chi connectivity index (χ0n) is 9.56. The number of hydrogen-bond donors (Lipinski definition) is 1. The van der Waals surface area contributed by atoms with Gasteiger partial charge in [-0.15, -0.1) is 0 Å². The quantitative estimate of drug-likeness (QED) is 0.814. The third kappa shape index (κ3) is 4.74. The van der Waals surface area contributed by atoms with E-state index < -0.39 is 10.0 Å². The van der Waals surface area contributed by atoms with Crippen molar-refractivity contribution in [2.45, 2.75) is 18.7 Å². The molecule has 0 radical (unpaired) electrons. The second-order valence-corrected chi connectivity index (χ2v) is 5.19. The summed E-state index contributed by atoms with van der Waals surface area (Å²) >= 11 is 0. The fourth-order valence-electron chi connectivity index (χ4n) is 0.991. The number of benzene rings is 1. The van der Waals surface area contributed by atoms with Crippen LogP contribution in [0.5, 0.6) is 0 Å². The smallest absolute Gasteiger partial charge is 0.240 e. The summed E-state index contributed by atoms with van der Waals surface area (Å²) in [5.74, 6) is 0. The van der Waals surface area contributed by atoms with E-state index in [1.54, 1.807) is 31.2 Å². The van der Waals surface area contributed by atoms with Crippen molar-refractivity contribution < 1.29 is 13.2 Å². The molecule has 1 N–H and O–H groups in total. The normalized spacial score (nSPS) is 13.9. The molecule has 1 aromatic carbocycles. The van der Waals surface area contributed by atoms with Gasteiger partial charge in [0.25, 0.3) is 0 Å². The Labute approximate surface area is 96.7 Å². The predicted octanol–water partition coefficient (Wildman–Crippen LogP) is 1.31. The van der Waals surface area contributed by atoms with Crippen LogP contribution in [0.4, 0.5) is 0 Å². The van der Waals surface area contributed by atoms with E-state index in [1.807, 2.05) is 6.92 Å². The van der Waals surface area contributed by atoms with Gasteiger partial charge in [-0.3, -0.25) is 0 Å². The first-order valence-electron chi connectivity index (χ1n) is 5.20. The van der Waals surface area contributed by atoms with Gasteiger partial charge >= 0.3 is 0 Å². The number of sulfonamides is 1. The molecule has 4 nitrogen and oxygen atoms in total. The molecule has 0 spiro atoms. The maximum absolute atomic E-state index is 11.4. The molecule has 16 heavy (non-hydrogen) atoms. The molecular weight excluding hydrogens is 226 g/mol. The molecule has 0 bridgehead atoms. The Morgan fingerprint density at radius 3 is 2.12 bits per heavy atom. The van der Waals surface area contributed by atoms with Crippen molar-refractivity contribution in [1.82, 2.24) is 4.72 Å². The Morgan fingerprint density at radius 2 is 1.75 bits per heavy atom. The highest BCUT2D eigenvalue weighted by molar-refractivity contribution is 7.89. The second kappa shape index (κ2) is 5.98. The molecule has 2 rings (SSSR count). The largest absolute Gasteiger partial charge is 0.377 e. The van der Waals surface area contributed by atoms with Crippen LogP contribution in [0.3, 0.4) is 0 Å². The molecule has 0 amide bonds. The lowest BCUT2D eigenvalue weighted by atomic mass is 10.2. The topological polar surface area (TPSA) is 58.7 Å². The minimum Gasteiger partial charge on any atom is -0.377 e. The summed E-state index contributed by atoms with van der Waals surface area (Å²) in [5.41, 5.74) is 1.05. The molecule has 1 saturated heterocycles. The average Bonchev–Trinajstić information content (AvgIpc) is 3.05. The van der Waals surface area contributed by atoms with Gasteiger partial charge in [-0.05, 0) is 19.1 Å². The van der Waals surface area contributed by atoms with Gasteiger partial charge < -0.3 is 4.74 Å². The molecule has 1 aliphatic rings. The number of nitrogens with one attached hydrogen (secondary N) is 1. The Hall–Kier alpha value is -0.910. The summed E-state index contributed by atoms with van der Waals surface area (Å²) < 4.78 is 29.8. The molecule has 0 aromatic heterocycles. The summed E-state index contributed by atoms with van der Waals surface area (Å²) in [6, 6.07) is 6.77. The van der Waals surface area contributed by atoms with Gasteiger partial charge in [0.05, 0.1) is 18.1 Å². The van der Waals surface area contributed by atoms with Crippen LogP contribution in [-0.4, -0.2) is 28.2 Å². The van der Waals surface area contributed by atoms with Gasteiger partial charge in [-0.25, -0.2) is 13.1 Å². The van der Waals surface area contributed by atoms with Crippen molar-refractivity contribution in [2.75, 3.05) is 19.8 Å². The molecule has 0 aliphatic carbocycles. The van der Waals surface area contributed by atoms with Crippen LogP contribution in [0, 0.1) is 6.92 Å². The zero-order valence-corrected chi connectivity index (χ0v) is 10.4. The van der Waals surface area contributed by atoms with Crippen molar-refractivity contribution in [3.8, 4) is 0 Å². The molecule has 0 unspecified atom stereocenters. The highest BCUT2D eigenvalue weighted by Gasteiger charge is 2.10. The van der Waals surface area contributed by atoms with E-state index in [4.69, 9.17) is 0 Å². The minimum absolute atomic E-state index is 0.319. The molecule has 0 atom stereocenters. The van der Waals surface area contributed by atoms with E-state index in [0.717, 1.165) is 18.8 Å². The Morgan fingerprint density at radius 1 is 1.25 bits per heavy atom. The van der Waals surface area contributed by atoms with Gasteiger partial charge in [0.1, 0.15) is 0 Å². The van der Waals surface area contributed by atoms with Crippen molar-refractivity contribution in [3.63, 3.8) is 0 Å². The van der Waals surface area contributed by atoms with Crippen molar-refractivity contribution in [3.05, 3.63) is 29.8 Å². The Bertz CT molecular complexity index is 407. The first-order valence-corrected chi connectivity index (χ1v) is 6.68. The van der Waals surface area contributed by atoms with Gasteiger partial charge in [-0.2, -0.15) is 0 Å². The van der Waals surface area contributed by atoms with Crippen LogP contribution in [0.2, 0.25) is 0 Å². The van der Waals surface area contributed by atoms with Crippen LogP contribution in [-0.2, 0) is 14.8 Å². The molecule has 5 heteroatoms. The minimum atomic E-state index is -3.28. The van der Waals surface area contributed by atoms with E-state index in [1.165, 1.54) is 0 Å². The van der Waals surface area contributed by atoms with E-state index in [9.17, 15) is 8.42 Å². The maximum Gasteiger partial charge on any atom is 0.240 e. The van der Waals surface area contributed by atoms with E-state index in [-0.39, 0.29) is 0 Å². The van der Waals surface area contributed by atoms with Crippen LogP contribution in [0.15, 0.2) is 29.2 Å². The maximum atomic E-state index is 11.4. The lowest BCUT2D eigenvalue weighted by Crippen LogP contribution is -2.22. The third-order valence-electron chi connectivity index (χ3n) is 1.87. The fourth-order valence-corrected chi connectivity index (χ4v) is 2.03. The lowest BCUT2D eigenvalue weighted by Gasteiger charge is -2.03. The van der Waals surface area contributed by atoms with Gasteiger partial charge in [0.2, 0.25) is 10.0 Å². The van der Waals surface area contributed by atoms with Crippen molar-refractivity contribution in [2.24, 2.45) is 0 Å². The monoisotopic (exact) mass is 243 g/mol. The van der Waals surface area contributed by atoms with Crippen molar-refractivity contribution in [1.29, 1.82) is 0 Å². The molecule has 1 aromatic rings. The van der Waals surface area contributed by atoms with Crippen LogP contribution >= 0.6 is 0 Å². The molecule has 1 aliphatic heterocycles. The Balaban J connectivity index is 0.000000365. The molecular formula is C11H17NO3S. The van der Waals surface area contributed by atoms with E-state index in [0.29, 0.717) is 11.4 Å². The van der Waals surface area contributed by atoms with E-state index >= 15 is 0 Å². The predicted molar refractivity (Wildman–Crippen MR) is 62.9 cm³/mol. The summed E-state index contributed by atoms with van der Waals surface area (Å²) in [6.07, 6.45) is 0. The molecule has 0 saturated carbocycles. The van der Waals surface area contributed by atoms with Crippen LogP contribution < -0.4 is 4.72 Å². The number of hydrogen-bond acceptors (Lipinski definition) is 3. The summed E-state index contributed by atoms with van der Waals surface area (Å²) in [4.78, 5) is 0.319. The number of ether oxygens (including phenoxy) is 1. The average molecular weight is 243 g/mol. The second-order valence-electron chi connectivity index (χ2n) is 3.43. The molecule has 1 fully saturated rings. The zero-order chi connectivity index (χ0) is 12.0. The molecule has 90 valence electrons. The van der Waals surface area contributed by atoms with Gasteiger partial charge in [-0.1, -0.05) is 24.6 Å².